The van der Waals surface area contributed by atoms with E-state index in [0.717, 1.165) is 0 Å². The minimum Gasteiger partial charge on any atom is -1.00 e. The van der Waals surface area contributed by atoms with E-state index in [1.807, 2.05) is 0 Å². The molecule has 0 spiro atoms. The SMILES string of the molecule is [CH3][Al+2]([CH3])[CH3].[Cl-].[Cl-]. The fourth-order valence-corrected chi connectivity index (χ4v) is 0. The van der Waals surface area contributed by atoms with Gasteiger partial charge in [-0.1, -0.05) is 0 Å². The van der Waals surface area contributed by atoms with Crippen LogP contribution in [0.4, 0.5) is 0 Å². The molecule has 0 unspecified atom stereocenters. The van der Waals surface area contributed by atoms with E-state index in [9.17, 15) is 0 Å². The normalized spacial score (nSPS) is 6.00. The maximum absolute atomic E-state index is 2.31. The van der Waals surface area contributed by atoms with Gasteiger partial charge in [0.1, 0.15) is 17.4 Å². The van der Waals surface area contributed by atoms with E-state index < -0.39 is 0 Å². The Hall–Kier alpha value is 1.11. The van der Waals surface area contributed by atoms with E-state index in [4.69, 9.17) is 0 Å². The van der Waals surface area contributed by atoms with Crippen LogP contribution in [-0.2, 0) is 0 Å². The second-order valence-electron chi connectivity index (χ2n) is 1.73. The van der Waals surface area contributed by atoms with Crippen LogP contribution in [0.15, 0.2) is 0 Å². The molecule has 0 heterocycles. The lowest BCUT2D eigenvalue weighted by Crippen LogP contribution is -3.00. The lowest BCUT2D eigenvalue weighted by Gasteiger charge is -1.24. The molecule has 0 atom stereocenters. The van der Waals surface area contributed by atoms with Crippen molar-refractivity contribution < 1.29 is 24.8 Å². The largest absolute Gasteiger partial charge is 1.00 e. The van der Waals surface area contributed by atoms with Crippen molar-refractivity contribution in [1.29, 1.82) is 0 Å². The molecular weight excluding hydrogens is 134 g/mol. The first-order chi connectivity index (χ1) is 1.73. The molecule has 0 aromatic heterocycles. The van der Waals surface area contributed by atoms with Crippen LogP contribution in [0.1, 0.15) is 0 Å². The molecule has 0 aliphatic heterocycles. The molecule has 0 fully saturated rings. The van der Waals surface area contributed by atoms with Crippen molar-refractivity contribution in [2.45, 2.75) is 17.4 Å². The molecule has 0 aliphatic rings. The Kier molecular flexibility index (Phi) is 24.7. The molecule has 0 aromatic carbocycles. The van der Waals surface area contributed by atoms with Gasteiger partial charge in [0.25, 0.3) is 0 Å². The van der Waals surface area contributed by atoms with Crippen LogP contribution in [-0.4, -0.2) is 14.1 Å². The maximum Gasteiger partial charge on any atom is 0.981 e. The minimum absolute atomic E-state index is 0. The lowest BCUT2D eigenvalue weighted by atomic mass is 11.8. The van der Waals surface area contributed by atoms with Gasteiger partial charge in [-0.25, -0.2) is 0 Å². The summed E-state index contributed by atoms with van der Waals surface area (Å²) in [6.45, 7) is 0. The zero-order valence-electron chi connectivity index (χ0n) is 4.33. The van der Waals surface area contributed by atoms with Crippen molar-refractivity contribution in [2.75, 3.05) is 0 Å². The molecule has 0 rings (SSSR count). The van der Waals surface area contributed by atoms with Gasteiger partial charge in [-0.15, -0.1) is 0 Å². The van der Waals surface area contributed by atoms with Gasteiger partial charge in [0.2, 0.25) is 0 Å². The smallest absolute Gasteiger partial charge is 0.981 e. The summed E-state index contributed by atoms with van der Waals surface area (Å²) in [5, 5.41) is 0. The molecule has 38 valence electrons. The Labute approximate surface area is 56.5 Å². The highest BCUT2D eigenvalue weighted by atomic mass is 35.5. The highest BCUT2D eigenvalue weighted by molar-refractivity contribution is 6.54. The van der Waals surface area contributed by atoms with Gasteiger partial charge in [-0.2, -0.15) is 0 Å². The standard InChI is InChI=1S/3CH3.Al.2ClH/h3*1H3;;2*1H/q;;;+2;;/p-2. The number of halogens is 2. The van der Waals surface area contributed by atoms with Gasteiger partial charge >= 0.3 is 14.1 Å². The fourth-order valence-electron chi connectivity index (χ4n) is 0. The van der Waals surface area contributed by atoms with E-state index in [0.29, 0.717) is 0 Å². The van der Waals surface area contributed by atoms with Gasteiger partial charge in [-0.05, 0) is 0 Å². The van der Waals surface area contributed by atoms with Crippen LogP contribution < -0.4 is 24.8 Å². The third-order valence-electron chi connectivity index (χ3n) is 0. The summed E-state index contributed by atoms with van der Waals surface area (Å²) in [5.41, 5.74) is 0. The molecule has 6 heavy (non-hydrogen) atoms. The van der Waals surface area contributed by atoms with Gasteiger partial charge in [0, 0.05) is 0 Å². The molecular formula is C3H9AlCl2. The first kappa shape index (κ1) is 15.7. The summed E-state index contributed by atoms with van der Waals surface area (Å²) in [5.74, 6) is 6.92. The van der Waals surface area contributed by atoms with Crippen molar-refractivity contribution >= 4 is 14.1 Å². The Balaban J connectivity index is -0.0000000450. The summed E-state index contributed by atoms with van der Waals surface area (Å²) in [7, 11) is 0. The van der Waals surface area contributed by atoms with Crippen LogP contribution >= 0.6 is 0 Å². The molecule has 0 nitrogen and oxygen atoms in total. The average molecular weight is 143 g/mol. The summed E-state index contributed by atoms with van der Waals surface area (Å²) in [4.78, 5) is 0. The quantitative estimate of drug-likeness (QED) is 0.299. The molecule has 0 saturated carbocycles. The monoisotopic (exact) mass is 142 g/mol. The Morgan fingerprint density at radius 3 is 0.833 bits per heavy atom. The van der Waals surface area contributed by atoms with Crippen LogP contribution in [0.25, 0.3) is 0 Å². The van der Waals surface area contributed by atoms with Gasteiger partial charge in [0.05, 0.1) is 0 Å². The zero-order valence-corrected chi connectivity index (χ0v) is 7.00. The lowest BCUT2D eigenvalue weighted by molar-refractivity contribution is -0.001000. The Morgan fingerprint density at radius 1 is 0.833 bits per heavy atom. The third kappa shape index (κ3) is 69.9. The molecule has 0 amide bonds. The summed E-state index contributed by atoms with van der Waals surface area (Å²) in [6.07, 6.45) is 0. The van der Waals surface area contributed by atoms with Gasteiger partial charge < -0.3 is 24.8 Å². The topological polar surface area (TPSA) is 0 Å². The van der Waals surface area contributed by atoms with Crippen LogP contribution in [0.2, 0.25) is 17.4 Å². The van der Waals surface area contributed by atoms with Crippen molar-refractivity contribution in [3.05, 3.63) is 0 Å². The van der Waals surface area contributed by atoms with E-state index in [1.54, 1.807) is 0 Å². The van der Waals surface area contributed by atoms with Gasteiger partial charge in [-0.3, -0.25) is 0 Å². The van der Waals surface area contributed by atoms with E-state index >= 15 is 0 Å². The fraction of sp³-hybridized carbons (Fsp3) is 1.00. The van der Waals surface area contributed by atoms with Crippen LogP contribution in [0.5, 0.6) is 0 Å². The predicted octanol–water partition coefficient (Wildman–Crippen LogP) is -4.62. The molecule has 4 radical (unpaired) electrons. The van der Waals surface area contributed by atoms with Gasteiger partial charge in [0.15, 0.2) is 0 Å². The van der Waals surface area contributed by atoms with Crippen LogP contribution in [0, 0.1) is 0 Å². The average Bonchev–Trinajstić information content (AvgIpc) is 0.811. The molecule has 0 aromatic rings. The molecule has 0 aliphatic carbocycles. The van der Waals surface area contributed by atoms with E-state index in [2.05, 4.69) is 17.4 Å². The Morgan fingerprint density at radius 2 is 0.833 bits per heavy atom. The first-order valence-corrected chi connectivity index (χ1v) is 5.20. The molecule has 0 bridgehead atoms. The maximum atomic E-state index is 2.31. The second kappa shape index (κ2) is 9.45. The summed E-state index contributed by atoms with van der Waals surface area (Å²) < 4.78 is 0. The van der Waals surface area contributed by atoms with Crippen molar-refractivity contribution in [3.63, 3.8) is 0 Å². The minimum atomic E-state index is -0.139. The van der Waals surface area contributed by atoms with Crippen LogP contribution in [0.3, 0.4) is 0 Å². The summed E-state index contributed by atoms with van der Waals surface area (Å²) >= 11 is -0.139. The number of hydrogen-bond donors (Lipinski definition) is 0. The van der Waals surface area contributed by atoms with Crippen molar-refractivity contribution in [3.8, 4) is 0 Å². The summed E-state index contributed by atoms with van der Waals surface area (Å²) in [6, 6.07) is 0. The highest BCUT2D eigenvalue weighted by Gasteiger charge is 2.33. The van der Waals surface area contributed by atoms with Crippen molar-refractivity contribution in [1.82, 2.24) is 0 Å². The first-order valence-electron chi connectivity index (χ1n) is 1.73. The molecule has 0 saturated heterocycles. The predicted molar refractivity (Wildman–Crippen MR) is 23.3 cm³/mol. The third-order valence-corrected chi connectivity index (χ3v) is 0. The Bertz CT molecular complexity index is 13.5. The number of rotatable bonds is 0. The molecule has 0 N–H and O–H groups in total. The van der Waals surface area contributed by atoms with Crippen molar-refractivity contribution in [2.24, 2.45) is 0 Å². The second-order valence-corrected chi connectivity index (χ2v) is 5.20. The highest BCUT2D eigenvalue weighted by Crippen LogP contribution is 1.68. The van der Waals surface area contributed by atoms with E-state index in [1.165, 1.54) is 0 Å². The zero-order chi connectivity index (χ0) is 3.58. The molecule has 3 heteroatoms. The van der Waals surface area contributed by atoms with E-state index in [-0.39, 0.29) is 39.0 Å². The number of hydrogen-bond acceptors (Lipinski definition) is 0.